The SMILES string of the molecule is COc1cc(-c2cc3nc(C4CC45CCCC5)cc(=O)n3[nH]2)cc(OC)c1OC. The van der Waals surface area contributed by atoms with Gasteiger partial charge in [-0.15, -0.1) is 0 Å². The van der Waals surface area contributed by atoms with Crippen molar-refractivity contribution >= 4 is 5.65 Å². The number of aromatic nitrogens is 3. The van der Waals surface area contributed by atoms with Gasteiger partial charge in [0, 0.05) is 23.6 Å². The minimum absolute atomic E-state index is 0.0799. The first-order valence-corrected chi connectivity index (χ1v) is 10.0. The lowest BCUT2D eigenvalue weighted by molar-refractivity contribution is 0.324. The highest BCUT2D eigenvalue weighted by Crippen LogP contribution is 2.67. The quantitative estimate of drug-likeness (QED) is 0.712. The molecule has 3 aromatic rings. The van der Waals surface area contributed by atoms with Gasteiger partial charge >= 0.3 is 0 Å². The standard InChI is InChI=1S/C22H25N3O4/c1-27-17-8-13(9-18(28-2)21(17)29-3)15-10-19-23-16(11-20(26)25(19)24-15)14-12-22(14)6-4-5-7-22/h8-11,14,24H,4-7,12H2,1-3H3. The monoisotopic (exact) mass is 395 g/mol. The molecule has 2 fully saturated rings. The van der Waals surface area contributed by atoms with Crippen LogP contribution in [0.25, 0.3) is 16.9 Å². The van der Waals surface area contributed by atoms with Crippen LogP contribution in [0.5, 0.6) is 17.2 Å². The minimum Gasteiger partial charge on any atom is -0.493 e. The van der Waals surface area contributed by atoms with Crippen molar-refractivity contribution in [3.63, 3.8) is 0 Å². The number of hydrogen-bond donors (Lipinski definition) is 1. The van der Waals surface area contributed by atoms with Crippen molar-refractivity contribution in [2.24, 2.45) is 5.41 Å². The molecule has 0 radical (unpaired) electrons. The number of hydrogen-bond acceptors (Lipinski definition) is 5. The highest BCUT2D eigenvalue weighted by atomic mass is 16.5. The van der Waals surface area contributed by atoms with Crippen LogP contribution in [-0.2, 0) is 0 Å². The lowest BCUT2D eigenvalue weighted by Crippen LogP contribution is -2.16. The molecule has 1 atom stereocenters. The molecule has 7 nitrogen and oxygen atoms in total. The van der Waals surface area contributed by atoms with E-state index < -0.39 is 0 Å². The second-order valence-electron chi connectivity index (χ2n) is 8.12. The van der Waals surface area contributed by atoms with Crippen LogP contribution < -0.4 is 19.8 Å². The predicted octanol–water partition coefficient (Wildman–Crippen LogP) is 3.76. The van der Waals surface area contributed by atoms with E-state index in [-0.39, 0.29) is 5.56 Å². The molecular weight excluding hydrogens is 370 g/mol. The molecule has 1 unspecified atom stereocenters. The summed E-state index contributed by atoms with van der Waals surface area (Å²) in [5.41, 5.74) is 3.49. The molecule has 2 aliphatic carbocycles. The normalized spacial score (nSPS) is 19.6. The largest absolute Gasteiger partial charge is 0.493 e. The van der Waals surface area contributed by atoms with Gasteiger partial charge in [-0.05, 0) is 36.8 Å². The molecule has 0 aliphatic heterocycles. The maximum absolute atomic E-state index is 12.7. The fourth-order valence-corrected chi connectivity index (χ4v) is 4.97. The Balaban J connectivity index is 1.57. The summed E-state index contributed by atoms with van der Waals surface area (Å²) in [6, 6.07) is 7.30. The zero-order chi connectivity index (χ0) is 20.2. The fraction of sp³-hybridized carbons (Fsp3) is 0.455. The molecule has 0 bridgehead atoms. The van der Waals surface area contributed by atoms with Crippen molar-refractivity contribution in [2.75, 3.05) is 21.3 Å². The van der Waals surface area contributed by atoms with Gasteiger partial charge in [-0.1, -0.05) is 12.8 Å². The van der Waals surface area contributed by atoms with Crippen molar-refractivity contribution in [2.45, 2.75) is 38.0 Å². The van der Waals surface area contributed by atoms with Crippen LogP contribution in [0, 0.1) is 5.41 Å². The fourth-order valence-electron chi connectivity index (χ4n) is 4.97. The van der Waals surface area contributed by atoms with Crippen LogP contribution in [0.3, 0.4) is 0 Å². The third-order valence-corrected chi connectivity index (χ3v) is 6.59. The molecule has 1 N–H and O–H groups in total. The highest BCUT2D eigenvalue weighted by Gasteiger charge is 2.56. The van der Waals surface area contributed by atoms with E-state index in [0.717, 1.165) is 17.0 Å². The second-order valence-corrected chi connectivity index (χ2v) is 8.12. The number of ether oxygens (including phenoxy) is 3. The Kier molecular flexibility index (Phi) is 4.08. The molecule has 1 aromatic carbocycles. The van der Waals surface area contributed by atoms with E-state index in [2.05, 4.69) is 5.10 Å². The van der Waals surface area contributed by atoms with Gasteiger partial charge in [-0.25, -0.2) is 9.50 Å². The van der Waals surface area contributed by atoms with Crippen LogP contribution in [0.2, 0.25) is 0 Å². The molecule has 1 spiro atoms. The van der Waals surface area contributed by atoms with E-state index in [1.165, 1.54) is 36.6 Å². The summed E-state index contributed by atoms with van der Waals surface area (Å²) in [4.78, 5) is 17.6. The molecular formula is C22H25N3O4. The average Bonchev–Trinajstić information content (AvgIpc) is 3.05. The van der Waals surface area contributed by atoms with Gasteiger partial charge in [-0.2, -0.15) is 0 Å². The Bertz CT molecular complexity index is 1120. The summed E-state index contributed by atoms with van der Waals surface area (Å²) >= 11 is 0. The van der Waals surface area contributed by atoms with E-state index >= 15 is 0 Å². The molecule has 0 saturated heterocycles. The van der Waals surface area contributed by atoms with Crippen molar-refractivity contribution in [3.8, 4) is 28.5 Å². The van der Waals surface area contributed by atoms with E-state index in [9.17, 15) is 4.79 Å². The van der Waals surface area contributed by atoms with E-state index in [1.54, 1.807) is 27.4 Å². The molecule has 2 heterocycles. The number of rotatable bonds is 5. The molecule has 152 valence electrons. The van der Waals surface area contributed by atoms with E-state index in [4.69, 9.17) is 19.2 Å². The predicted molar refractivity (Wildman–Crippen MR) is 109 cm³/mol. The first-order valence-electron chi connectivity index (χ1n) is 10.0. The van der Waals surface area contributed by atoms with Gasteiger partial charge < -0.3 is 14.2 Å². The molecule has 2 aliphatic rings. The van der Waals surface area contributed by atoms with Crippen LogP contribution in [0.4, 0.5) is 0 Å². The molecule has 29 heavy (non-hydrogen) atoms. The Morgan fingerprint density at radius 2 is 1.72 bits per heavy atom. The van der Waals surface area contributed by atoms with E-state index in [1.807, 2.05) is 18.2 Å². The number of nitrogens with zero attached hydrogens (tertiary/aromatic N) is 2. The van der Waals surface area contributed by atoms with Crippen LogP contribution in [-0.4, -0.2) is 35.9 Å². The third-order valence-electron chi connectivity index (χ3n) is 6.59. The first-order chi connectivity index (χ1) is 14.1. The number of aromatic amines is 1. The second kappa shape index (κ2) is 6.54. The van der Waals surface area contributed by atoms with E-state index in [0.29, 0.717) is 34.2 Å². The summed E-state index contributed by atoms with van der Waals surface area (Å²) in [6.07, 6.45) is 6.30. The Hall–Kier alpha value is -2.96. The smallest absolute Gasteiger partial charge is 0.272 e. The Labute approximate surface area is 168 Å². The number of methoxy groups -OCH3 is 3. The van der Waals surface area contributed by atoms with Gasteiger partial charge in [0.25, 0.3) is 5.56 Å². The summed E-state index contributed by atoms with van der Waals surface area (Å²) in [5, 5.41) is 3.16. The maximum Gasteiger partial charge on any atom is 0.272 e. The number of fused-ring (bicyclic) bond motifs is 1. The van der Waals surface area contributed by atoms with Crippen LogP contribution >= 0.6 is 0 Å². The molecule has 2 aromatic heterocycles. The minimum atomic E-state index is -0.0799. The Morgan fingerprint density at radius 1 is 1.03 bits per heavy atom. The maximum atomic E-state index is 12.7. The molecule has 7 heteroatoms. The first kappa shape index (κ1) is 18.1. The molecule has 2 saturated carbocycles. The zero-order valence-electron chi connectivity index (χ0n) is 16.9. The van der Waals surface area contributed by atoms with Gasteiger partial charge in [0.1, 0.15) is 0 Å². The van der Waals surface area contributed by atoms with Gasteiger partial charge in [-0.3, -0.25) is 9.89 Å². The van der Waals surface area contributed by atoms with Crippen molar-refractivity contribution in [1.82, 2.24) is 14.6 Å². The lowest BCUT2D eigenvalue weighted by atomic mass is 10.0. The van der Waals surface area contributed by atoms with Crippen LogP contribution in [0.1, 0.15) is 43.7 Å². The van der Waals surface area contributed by atoms with Gasteiger partial charge in [0.2, 0.25) is 5.75 Å². The third kappa shape index (κ3) is 2.79. The summed E-state index contributed by atoms with van der Waals surface area (Å²) in [5.74, 6) is 2.08. The number of benzene rings is 1. The van der Waals surface area contributed by atoms with Crippen molar-refractivity contribution < 1.29 is 14.2 Å². The lowest BCUT2D eigenvalue weighted by Gasteiger charge is -2.13. The number of H-pyrrole nitrogens is 1. The van der Waals surface area contributed by atoms with Gasteiger partial charge in [0.05, 0.1) is 32.7 Å². The Morgan fingerprint density at radius 3 is 2.34 bits per heavy atom. The van der Waals surface area contributed by atoms with Crippen molar-refractivity contribution in [1.29, 1.82) is 0 Å². The zero-order valence-corrected chi connectivity index (χ0v) is 16.9. The summed E-state index contributed by atoms with van der Waals surface area (Å²) in [6.45, 7) is 0. The average molecular weight is 395 g/mol. The number of nitrogens with one attached hydrogen (secondary N) is 1. The van der Waals surface area contributed by atoms with Gasteiger partial charge in [0.15, 0.2) is 17.1 Å². The molecule has 5 rings (SSSR count). The topological polar surface area (TPSA) is 77.8 Å². The summed E-state index contributed by atoms with van der Waals surface area (Å²) in [7, 11) is 4.74. The van der Waals surface area contributed by atoms with Crippen molar-refractivity contribution in [3.05, 3.63) is 40.3 Å². The molecule has 0 amide bonds. The summed E-state index contributed by atoms with van der Waals surface area (Å²) < 4.78 is 17.8. The van der Waals surface area contributed by atoms with Crippen LogP contribution in [0.15, 0.2) is 29.1 Å². The highest BCUT2D eigenvalue weighted by molar-refractivity contribution is 5.71.